The third-order valence-corrected chi connectivity index (χ3v) is 2.79. The van der Waals surface area contributed by atoms with E-state index in [1.165, 1.54) is 0 Å². The maximum absolute atomic E-state index is 11.8. The molecule has 0 atom stereocenters. The first-order chi connectivity index (χ1) is 7.75. The number of anilines is 1. The molecule has 86 valence electrons. The third-order valence-electron chi connectivity index (χ3n) is 2.59. The SMILES string of the molecule is O=C(Nc1ccc(Cl)nn1)C1CCNCC1. The van der Waals surface area contributed by atoms with Crippen molar-refractivity contribution < 1.29 is 4.79 Å². The van der Waals surface area contributed by atoms with E-state index in [4.69, 9.17) is 11.6 Å². The van der Waals surface area contributed by atoms with E-state index in [-0.39, 0.29) is 11.8 Å². The Labute approximate surface area is 98.6 Å². The molecule has 5 nitrogen and oxygen atoms in total. The first kappa shape index (κ1) is 11.3. The van der Waals surface area contributed by atoms with Gasteiger partial charge in [0.05, 0.1) is 0 Å². The lowest BCUT2D eigenvalue weighted by Crippen LogP contribution is -2.34. The van der Waals surface area contributed by atoms with Gasteiger partial charge in [0, 0.05) is 5.92 Å². The molecule has 1 aliphatic rings. The first-order valence-electron chi connectivity index (χ1n) is 5.26. The van der Waals surface area contributed by atoms with Crippen LogP contribution in [0.25, 0.3) is 0 Å². The average molecular weight is 241 g/mol. The van der Waals surface area contributed by atoms with Gasteiger partial charge in [-0.2, -0.15) is 0 Å². The minimum atomic E-state index is 0.0122. The van der Waals surface area contributed by atoms with Crippen LogP contribution in [0, 0.1) is 5.92 Å². The number of nitrogens with one attached hydrogen (secondary N) is 2. The van der Waals surface area contributed by atoms with Gasteiger partial charge in [0.1, 0.15) is 0 Å². The summed E-state index contributed by atoms with van der Waals surface area (Å²) in [6, 6.07) is 3.25. The molecule has 2 rings (SSSR count). The molecule has 0 aromatic carbocycles. The number of nitrogens with zero attached hydrogens (tertiary/aromatic N) is 2. The minimum absolute atomic E-state index is 0.0122. The molecule has 6 heteroatoms. The predicted octanol–water partition coefficient (Wildman–Crippen LogP) is 1.07. The quantitative estimate of drug-likeness (QED) is 0.812. The van der Waals surface area contributed by atoms with E-state index in [1.807, 2.05) is 0 Å². The van der Waals surface area contributed by atoms with Crippen LogP contribution >= 0.6 is 11.6 Å². The van der Waals surface area contributed by atoms with Crippen LogP contribution in [-0.2, 0) is 4.79 Å². The van der Waals surface area contributed by atoms with Crippen molar-refractivity contribution >= 4 is 23.3 Å². The molecule has 1 aliphatic heterocycles. The minimum Gasteiger partial charge on any atom is -0.317 e. The number of carbonyl (C=O) groups excluding carboxylic acids is 1. The number of hydrogen-bond donors (Lipinski definition) is 2. The lowest BCUT2D eigenvalue weighted by atomic mass is 9.97. The topological polar surface area (TPSA) is 66.9 Å². The fourth-order valence-corrected chi connectivity index (χ4v) is 1.80. The van der Waals surface area contributed by atoms with Crippen molar-refractivity contribution in [2.75, 3.05) is 18.4 Å². The zero-order chi connectivity index (χ0) is 11.4. The summed E-state index contributed by atoms with van der Waals surface area (Å²) in [5.74, 6) is 0.532. The lowest BCUT2D eigenvalue weighted by Gasteiger charge is -2.21. The summed E-state index contributed by atoms with van der Waals surface area (Å²) in [7, 11) is 0. The van der Waals surface area contributed by atoms with E-state index in [0.717, 1.165) is 25.9 Å². The fraction of sp³-hybridized carbons (Fsp3) is 0.500. The molecule has 16 heavy (non-hydrogen) atoms. The second-order valence-electron chi connectivity index (χ2n) is 3.75. The summed E-state index contributed by atoms with van der Waals surface area (Å²) >= 11 is 5.60. The van der Waals surface area contributed by atoms with Crippen LogP contribution in [0.2, 0.25) is 5.15 Å². The number of aromatic nitrogens is 2. The highest BCUT2D eigenvalue weighted by atomic mass is 35.5. The first-order valence-corrected chi connectivity index (χ1v) is 5.64. The van der Waals surface area contributed by atoms with Crippen molar-refractivity contribution in [1.82, 2.24) is 15.5 Å². The van der Waals surface area contributed by atoms with Crippen LogP contribution in [0.1, 0.15) is 12.8 Å². The van der Waals surface area contributed by atoms with Crippen LogP contribution in [-0.4, -0.2) is 29.2 Å². The molecule has 1 aromatic rings. The van der Waals surface area contributed by atoms with Crippen LogP contribution in [0.4, 0.5) is 5.82 Å². The summed E-state index contributed by atoms with van der Waals surface area (Å²) < 4.78 is 0. The van der Waals surface area contributed by atoms with Gasteiger partial charge < -0.3 is 10.6 Å². The number of hydrogen-bond acceptors (Lipinski definition) is 4. The normalized spacial score (nSPS) is 17.1. The standard InChI is InChI=1S/C10H13ClN4O/c11-8-1-2-9(15-14-8)13-10(16)7-3-5-12-6-4-7/h1-2,7,12H,3-6H2,(H,13,15,16). The zero-order valence-corrected chi connectivity index (χ0v) is 9.50. The molecule has 2 N–H and O–H groups in total. The van der Waals surface area contributed by atoms with Crippen molar-refractivity contribution in [3.05, 3.63) is 17.3 Å². The van der Waals surface area contributed by atoms with Crippen molar-refractivity contribution in [3.63, 3.8) is 0 Å². The van der Waals surface area contributed by atoms with Gasteiger partial charge in [0.25, 0.3) is 0 Å². The number of amides is 1. The summed E-state index contributed by atoms with van der Waals surface area (Å²) in [5, 5.41) is 13.7. The Morgan fingerprint density at radius 1 is 1.38 bits per heavy atom. The molecule has 0 unspecified atom stereocenters. The van der Waals surface area contributed by atoms with E-state index in [2.05, 4.69) is 20.8 Å². The average Bonchev–Trinajstić information content (AvgIpc) is 2.33. The molecular formula is C10H13ClN4O. The Morgan fingerprint density at radius 2 is 2.12 bits per heavy atom. The van der Waals surface area contributed by atoms with Crippen LogP contribution in [0.15, 0.2) is 12.1 Å². The Balaban J connectivity index is 1.93. The summed E-state index contributed by atoms with van der Waals surface area (Å²) in [4.78, 5) is 11.8. The monoisotopic (exact) mass is 240 g/mol. The van der Waals surface area contributed by atoms with Gasteiger partial charge in [-0.05, 0) is 38.1 Å². The largest absolute Gasteiger partial charge is 0.317 e. The van der Waals surface area contributed by atoms with Gasteiger partial charge in [0.15, 0.2) is 11.0 Å². The van der Waals surface area contributed by atoms with E-state index in [0.29, 0.717) is 11.0 Å². The molecule has 2 heterocycles. The molecular weight excluding hydrogens is 228 g/mol. The van der Waals surface area contributed by atoms with Gasteiger partial charge >= 0.3 is 0 Å². The van der Waals surface area contributed by atoms with E-state index >= 15 is 0 Å². The molecule has 0 aliphatic carbocycles. The Kier molecular flexibility index (Phi) is 3.69. The highest BCUT2D eigenvalue weighted by Crippen LogP contribution is 2.14. The molecule has 1 aromatic heterocycles. The maximum atomic E-state index is 11.8. The fourth-order valence-electron chi connectivity index (χ4n) is 1.70. The van der Waals surface area contributed by atoms with Gasteiger partial charge in [-0.3, -0.25) is 4.79 Å². The molecule has 0 bridgehead atoms. The van der Waals surface area contributed by atoms with Crippen LogP contribution in [0.5, 0.6) is 0 Å². The van der Waals surface area contributed by atoms with Gasteiger partial charge in [0.2, 0.25) is 5.91 Å². The third kappa shape index (κ3) is 2.90. The predicted molar refractivity (Wildman–Crippen MR) is 61.3 cm³/mol. The Bertz CT molecular complexity index is 362. The van der Waals surface area contributed by atoms with E-state index in [9.17, 15) is 4.79 Å². The molecule has 1 saturated heterocycles. The van der Waals surface area contributed by atoms with Crippen molar-refractivity contribution in [2.24, 2.45) is 5.92 Å². The molecule has 1 fully saturated rings. The van der Waals surface area contributed by atoms with Crippen molar-refractivity contribution in [2.45, 2.75) is 12.8 Å². The number of piperidine rings is 1. The van der Waals surface area contributed by atoms with Gasteiger partial charge in [-0.25, -0.2) is 0 Å². The second kappa shape index (κ2) is 5.23. The van der Waals surface area contributed by atoms with Crippen LogP contribution < -0.4 is 10.6 Å². The number of halogens is 1. The highest BCUT2D eigenvalue weighted by molar-refractivity contribution is 6.29. The summed E-state index contributed by atoms with van der Waals surface area (Å²) in [6.45, 7) is 1.79. The molecule has 1 amide bonds. The highest BCUT2D eigenvalue weighted by Gasteiger charge is 2.21. The van der Waals surface area contributed by atoms with Crippen molar-refractivity contribution in [1.29, 1.82) is 0 Å². The maximum Gasteiger partial charge on any atom is 0.228 e. The van der Waals surface area contributed by atoms with Crippen molar-refractivity contribution in [3.8, 4) is 0 Å². The number of carbonyl (C=O) groups is 1. The zero-order valence-electron chi connectivity index (χ0n) is 8.74. The Hall–Kier alpha value is -1.20. The lowest BCUT2D eigenvalue weighted by molar-refractivity contribution is -0.120. The van der Waals surface area contributed by atoms with Crippen LogP contribution in [0.3, 0.4) is 0 Å². The number of rotatable bonds is 2. The second-order valence-corrected chi connectivity index (χ2v) is 4.14. The molecule has 0 radical (unpaired) electrons. The summed E-state index contributed by atoms with van der Waals surface area (Å²) in [5.41, 5.74) is 0. The molecule has 0 saturated carbocycles. The molecule has 0 spiro atoms. The summed E-state index contributed by atoms with van der Waals surface area (Å²) in [6.07, 6.45) is 1.74. The van der Waals surface area contributed by atoms with Gasteiger partial charge in [-0.15, -0.1) is 10.2 Å². The van der Waals surface area contributed by atoms with Gasteiger partial charge in [-0.1, -0.05) is 11.6 Å². The van der Waals surface area contributed by atoms with E-state index < -0.39 is 0 Å². The Morgan fingerprint density at radius 3 is 2.75 bits per heavy atom. The van der Waals surface area contributed by atoms with E-state index in [1.54, 1.807) is 12.1 Å². The smallest absolute Gasteiger partial charge is 0.228 e.